The van der Waals surface area contributed by atoms with Crippen LogP contribution in [0.1, 0.15) is 6.42 Å². The topological polar surface area (TPSA) is 108 Å². The number of ether oxygens (including phenoxy) is 1. The van der Waals surface area contributed by atoms with Gasteiger partial charge in [0, 0.05) is 19.6 Å². The monoisotopic (exact) mass is 270 g/mol. The molecule has 0 fully saturated rings. The standard InChI is InChI=1S/C9H16F2N2O5/c10-7(11)5-18-4-2-12-9(17)13-6(1-3-14)8(15)16/h6-7,14H,1-5H2,(H,15,16)(H2,12,13,17)/t6-/m0/s1. The number of aliphatic hydroxyl groups is 1. The van der Waals surface area contributed by atoms with E-state index in [4.69, 9.17) is 10.2 Å². The number of aliphatic carboxylic acids is 1. The molecule has 0 bridgehead atoms. The second-order valence-electron chi connectivity index (χ2n) is 3.27. The molecule has 0 aliphatic rings. The Balaban J connectivity index is 3.71. The zero-order valence-corrected chi connectivity index (χ0v) is 9.57. The molecule has 9 heteroatoms. The van der Waals surface area contributed by atoms with Crippen LogP contribution < -0.4 is 10.6 Å². The highest BCUT2D eigenvalue weighted by Crippen LogP contribution is 1.92. The van der Waals surface area contributed by atoms with E-state index in [2.05, 4.69) is 15.4 Å². The maximum absolute atomic E-state index is 11.7. The quantitative estimate of drug-likeness (QED) is 0.419. The summed E-state index contributed by atoms with van der Waals surface area (Å²) in [5.74, 6) is -1.27. The lowest BCUT2D eigenvalue weighted by molar-refractivity contribution is -0.139. The summed E-state index contributed by atoms with van der Waals surface area (Å²) in [6, 6.07) is -1.96. The lowest BCUT2D eigenvalue weighted by Gasteiger charge is -2.13. The van der Waals surface area contributed by atoms with E-state index < -0.39 is 31.1 Å². The van der Waals surface area contributed by atoms with E-state index in [1.807, 2.05) is 0 Å². The molecule has 0 aromatic rings. The largest absolute Gasteiger partial charge is 0.480 e. The van der Waals surface area contributed by atoms with Gasteiger partial charge in [0.25, 0.3) is 6.43 Å². The number of alkyl halides is 2. The van der Waals surface area contributed by atoms with Crippen LogP contribution in [0.2, 0.25) is 0 Å². The zero-order valence-electron chi connectivity index (χ0n) is 9.57. The van der Waals surface area contributed by atoms with Crippen LogP contribution in [0.25, 0.3) is 0 Å². The van der Waals surface area contributed by atoms with Gasteiger partial charge in [0.1, 0.15) is 12.6 Å². The van der Waals surface area contributed by atoms with Crippen molar-refractivity contribution < 1.29 is 33.3 Å². The molecule has 0 radical (unpaired) electrons. The van der Waals surface area contributed by atoms with Crippen LogP contribution in [-0.2, 0) is 9.53 Å². The fourth-order valence-corrected chi connectivity index (χ4v) is 1.00. The summed E-state index contributed by atoms with van der Waals surface area (Å²) in [6.07, 6.45) is -2.69. The fraction of sp³-hybridized carbons (Fsp3) is 0.778. The van der Waals surface area contributed by atoms with Crippen molar-refractivity contribution in [3.63, 3.8) is 0 Å². The van der Waals surface area contributed by atoms with Crippen LogP contribution in [-0.4, -0.2) is 61.0 Å². The highest BCUT2D eigenvalue weighted by atomic mass is 19.3. The zero-order chi connectivity index (χ0) is 14.0. The number of urea groups is 1. The molecular weight excluding hydrogens is 254 g/mol. The smallest absolute Gasteiger partial charge is 0.326 e. The maximum atomic E-state index is 11.7. The van der Waals surface area contributed by atoms with E-state index in [0.717, 1.165) is 0 Å². The van der Waals surface area contributed by atoms with Gasteiger partial charge in [0.2, 0.25) is 0 Å². The molecule has 106 valence electrons. The van der Waals surface area contributed by atoms with Gasteiger partial charge in [-0.05, 0) is 0 Å². The number of nitrogens with one attached hydrogen (secondary N) is 2. The van der Waals surface area contributed by atoms with E-state index in [-0.39, 0.29) is 26.2 Å². The van der Waals surface area contributed by atoms with Gasteiger partial charge in [-0.25, -0.2) is 18.4 Å². The Morgan fingerprint density at radius 1 is 1.33 bits per heavy atom. The summed E-state index contributed by atoms with van der Waals surface area (Å²) in [6.45, 7) is -1.22. The van der Waals surface area contributed by atoms with E-state index in [1.54, 1.807) is 0 Å². The number of amides is 2. The number of aliphatic hydroxyl groups excluding tert-OH is 1. The average Bonchev–Trinajstić information content (AvgIpc) is 2.27. The van der Waals surface area contributed by atoms with Gasteiger partial charge < -0.3 is 25.6 Å². The lowest BCUT2D eigenvalue weighted by atomic mass is 10.2. The van der Waals surface area contributed by atoms with Gasteiger partial charge in [-0.3, -0.25) is 0 Å². The Hall–Kier alpha value is -1.48. The fourth-order valence-electron chi connectivity index (χ4n) is 1.00. The van der Waals surface area contributed by atoms with Gasteiger partial charge in [0.15, 0.2) is 0 Å². The SMILES string of the molecule is O=C(NCCOCC(F)F)N[C@@H](CCO)C(=O)O. The van der Waals surface area contributed by atoms with E-state index in [1.165, 1.54) is 0 Å². The average molecular weight is 270 g/mol. The molecule has 1 atom stereocenters. The lowest BCUT2D eigenvalue weighted by Crippen LogP contribution is -2.47. The van der Waals surface area contributed by atoms with Crippen molar-refractivity contribution in [1.29, 1.82) is 0 Å². The Labute approximate surface area is 102 Å². The van der Waals surface area contributed by atoms with Crippen molar-refractivity contribution in [1.82, 2.24) is 10.6 Å². The Morgan fingerprint density at radius 2 is 2.00 bits per heavy atom. The Kier molecular flexibility index (Phi) is 8.76. The molecule has 0 aliphatic carbocycles. The first-order valence-corrected chi connectivity index (χ1v) is 5.21. The Morgan fingerprint density at radius 3 is 2.50 bits per heavy atom. The second-order valence-corrected chi connectivity index (χ2v) is 3.27. The third kappa shape index (κ3) is 8.65. The number of hydrogen-bond donors (Lipinski definition) is 4. The first-order valence-electron chi connectivity index (χ1n) is 5.21. The number of carboxylic acid groups (broad SMARTS) is 1. The molecule has 0 spiro atoms. The van der Waals surface area contributed by atoms with Crippen molar-refractivity contribution >= 4 is 12.0 Å². The summed E-state index contributed by atoms with van der Waals surface area (Å²) in [7, 11) is 0. The van der Waals surface area contributed by atoms with E-state index >= 15 is 0 Å². The summed E-state index contributed by atoms with van der Waals surface area (Å²) >= 11 is 0. The van der Waals surface area contributed by atoms with Gasteiger partial charge in [-0.15, -0.1) is 0 Å². The van der Waals surface area contributed by atoms with Crippen LogP contribution in [0.15, 0.2) is 0 Å². The molecule has 0 saturated heterocycles. The van der Waals surface area contributed by atoms with Crippen molar-refractivity contribution in [2.75, 3.05) is 26.4 Å². The van der Waals surface area contributed by atoms with Crippen LogP contribution >= 0.6 is 0 Å². The minimum atomic E-state index is -2.57. The molecular formula is C9H16F2N2O5. The highest BCUT2D eigenvalue weighted by Gasteiger charge is 2.18. The van der Waals surface area contributed by atoms with Crippen molar-refractivity contribution in [3.05, 3.63) is 0 Å². The number of halogens is 2. The minimum Gasteiger partial charge on any atom is -0.480 e. The highest BCUT2D eigenvalue weighted by molar-refractivity contribution is 5.82. The second kappa shape index (κ2) is 9.54. The van der Waals surface area contributed by atoms with Crippen molar-refractivity contribution in [3.8, 4) is 0 Å². The molecule has 2 amide bonds. The van der Waals surface area contributed by atoms with Gasteiger partial charge in [0.05, 0.1) is 6.61 Å². The summed E-state index contributed by atoms with van der Waals surface area (Å²) in [5, 5.41) is 21.6. The molecule has 18 heavy (non-hydrogen) atoms. The van der Waals surface area contributed by atoms with Crippen LogP contribution in [0.4, 0.5) is 13.6 Å². The number of rotatable bonds is 9. The predicted octanol–water partition coefficient (Wildman–Crippen LogP) is -0.597. The molecule has 7 nitrogen and oxygen atoms in total. The van der Waals surface area contributed by atoms with E-state index in [9.17, 15) is 18.4 Å². The van der Waals surface area contributed by atoms with E-state index in [0.29, 0.717) is 0 Å². The van der Waals surface area contributed by atoms with Gasteiger partial charge >= 0.3 is 12.0 Å². The molecule has 4 N–H and O–H groups in total. The maximum Gasteiger partial charge on any atom is 0.326 e. The number of hydrogen-bond acceptors (Lipinski definition) is 4. The van der Waals surface area contributed by atoms with Gasteiger partial charge in [-0.2, -0.15) is 0 Å². The Bertz CT molecular complexity index is 265. The minimum absolute atomic E-state index is 0.0238. The van der Waals surface area contributed by atoms with Gasteiger partial charge in [-0.1, -0.05) is 0 Å². The molecule has 0 heterocycles. The molecule has 0 unspecified atom stereocenters. The van der Waals surface area contributed by atoms with Crippen LogP contribution in [0.3, 0.4) is 0 Å². The molecule has 0 rings (SSSR count). The molecule has 0 saturated carbocycles. The number of carbonyl (C=O) groups is 2. The predicted molar refractivity (Wildman–Crippen MR) is 56.5 cm³/mol. The van der Waals surface area contributed by atoms with Crippen LogP contribution in [0, 0.1) is 0 Å². The number of carboxylic acids is 1. The van der Waals surface area contributed by atoms with Crippen LogP contribution in [0.5, 0.6) is 0 Å². The normalized spacial score (nSPS) is 12.2. The van der Waals surface area contributed by atoms with Crippen molar-refractivity contribution in [2.24, 2.45) is 0 Å². The third-order valence-corrected chi connectivity index (χ3v) is 1.80. The first-order chi connectivity index (χ1) is 8.47. The molecule has 0 aromatic heterocycles. The first kappa shape index (κ1) is 16.5. The van der Waals surface area contributed by atoms with Crippen molar-refractivity contribution in [2.45, 2.75) is 18.9 Å². The summed E-state index contributed by atoms with van der Waals surface area (Å²) in [4.78, 5) is 21.8. The molecule has 0 aliphatic heterocycles. The summed E-state index contributed by atoms with van der Waals surface area (Å²) < 4.78 is 27.8. The summed E-state index contributed by atoms with van der Waals surface area (Å²) in [5.41, 5.74) is 0. The third-order valence-electron chi connectivity index (χ3n) is 1.80. The molecule has 0 aromatic carbocycles. The number of carbonyl (C=O) groups excluding carboxylic acids is 1.